The number of carbonyl (C=O) groups is 1. The smallest absolute Gasteiger partial charge is 0.150 e. The first-order chi connectivity index (χ1) is 8.11. The molecule has 0 saturated heterocycles. The molecule has 2 aromatic rings. The Bertz CT molecular complexity index is 582. The molecule has 0 bridgehead atoms. The van der Waals surface area contributed by atoms with Gasteiger partial charge in [-0.2, -0.15) is 0 Å². The van der Waals surface area contributed by atoms with Crippen LogP contribution >= 0.6 is 15.9 Å². The van der Waals surface area contributed by atoms with Crippen molar-refractivity contribution in [1.29, 1.82) is 0 Å². The van der Waals surface area contributed by atoms with Crippen molar-refractivity contribution in [2.45, 2.75) is 0 Å². The van der Waals surface area contributed by atoms with E-state index < -0.39 is 11.6 Å². The third-order valence-corrected chi connectivity index (χ3v) is 2.85. The van der Waals surface area contributed by atoms with Gasteiger partial charge in [-0.1, -0.05) is 15.9 Å². The molecule has 2 rings (SSSR count). The van der Waals surface area contributed by atoms with Crippen LogP contribution in [0, 0.1) is 11.6 Å². The van der Waals surface area contributed by atoms with E-state index in [1.54, 1.807) is 6.07 Å². The molecule has 0 spiro atoms. The second-order valence-corrected chi connectivity index (χ2v) is 4.39. The fraction of sp³-hybridized carbons (Fsp3) is 0. The van der Waals surface area contributed by atoms with Crippen molar-refractivity contribution < 1.29 is 13.6 Å². The highest BCUT2D eigenvalue weighted by Crippen LogP contribution is 2.29. The highest BCUT2D eigenvalue weighted by Gasteiger charge is 2.11. The van der Waals surface area contributed by atoms with Crippen molar-refractivity contribution in [2.75, 3.05) is 0 Å². The van der Waals surface area contributed by atoms with Crippen LogP contribution in [0.3, 0.4) is 0 Å². The lowest BCUT2D eigenvalue weighted by Crippen LogP contribution is -1.92. The molecular formula is C13H7BrF2O. The summed E-state index contributed by atoms with van der Waals surface area (Å²) in [7, 11) is 0. The number of rotatable bonds is 2. The molecule has 0 radical (unpaired) electrons. The van der Waals surface area contributed by atoms with E-state index in [1.165, 1.54) is 24.3 Å². The molecule has 0 aliphatic heterocycles. The number of halogens is 3. The van der Waals surface area contributed by atoms with Crippen LogP contribution < -0.4 is 0 Å². The zero-order valence-electron chi connectivity index (χ0n) is 8.58. The maximum atomic E-state index is 13.6. The van der Waals surface area contributed by atoms with Gasteiger partial charge in [-0.25, -0.2) is 8.78 Å². The van der Waals surface area contributed by atoms with Gasteiger partial charge >= 0.3 is 0 Å². The Morgan fingerprint density at radius 2 is 1.76 bits per heavy atom. The van der Waals surface area contributed by atoms with Gasteiger partial charge in [0.25, 0.3) is 0 Å². The van der Waals surface area contributed by atoms with Crippen LogP contribution in [0.4, 0.5) is 8.78 Å². The molecule has 1 nitrogen and oxygen atoms in total. The Morgan fingerprint density at radius 1 is 1.00 bits per heavy atom. The summed E-state index contributed by atoms with van der Waals surface area (Å²) in [6.07, 6.45) is 0.578. The lowest BCUT2D eigenvalue weighted by molar-refractivity contribution is 0.112. The molecule has 86 valence electrons. The minimum absolute atomic E-state index is 0.195. The Morgan fingerprint density at radius 3 is 2.47 bits per heavy atom. The summed E-state index contributed by atoms with van der Waals surface area (Å²) in [5, 5.41) is 0. The van der Waals surface area contributed by atoms with Gasteiger partial charge < -0.3 is 0 Å². The van der Waals surface area contributed by atoms with E-state index in [1.807, 2.05) is 0 Å². The normalized spacial score (nSPS) is 10.3. The molecule has 0 fully saturated rings. The van der Waals surface area contributed by atoms with Gasteiger partial charge in [0.1, 0.15) is 11.6 Å². The van der Waals surface area contributed by atoms with E-state index in [4.69, 9.17) is 0 Å². The summed E-state index contributed by atoms with van der Waals surface area (Å²) >= 11 is 3.21. The monoisotopic (exact) mass is 296 g/mol. The van der Waals surface area contributed by atoms with Crippen LogP contribution in [0.15, 0.2) is 40.9 Å². The van der Waals surface area contributed by atoms with Gasteiger partial charge in [-0.15, -0.1) is 0 Å². The van der Waals surface area contributed by atoms with Crippen molar-refractivity contribution in [3.63, 3.8) is 0 Å². The molecule has 0 saturated carbocycles. The summed E-state index contributed by atoms with van der Waals surface area (Å²) in [6, 6.07) is 7.96. The molecule has 2 aromatic carbocycles. The fourth-order valence-electron chi connectivity index (χ4n) is 1.57. The second kappa shape index (κ2) is 4.75. The number of aldehydes is 1. The van der Waals surface area contributed by atoms with E-state index >= 15 is 0 Å². The minimum Gasteiger partial charge on any atom is -0.298 e. The molecule has 0 N–H and O–H groups in total. The molecular weight excluding hydrogens is 290 g/mol. The van der Waals surface area contributed by atoms with Gasteiger partial charge in [0.05, 0.1) is 0 Å². The van der Waals surface area contributed by atoms with Crippen LogP contribution in [0.25, 0.3) is 11.1 Å². The average molecular weight is 297 g/mol. The van der Waals surface area contributed by atoms with E-state index in [-0.39, 0.29) is 16.7 Å². The van der Waals surface area contributed by atoms with E-state index in [0.717, 1.165) is 6.07 Å². The Balaban J connectivity index is 2.70. The van der Waals surface area contributed by atoms with Gasteiger partial charge in [-0.05, 0) is 42.0 Å². The largest absolute Gasteiger partial charge is 0.298 e. The van der Waals surface area contributed by atoms with Crippen molar-refractivity contribution in [3.05, 3.63) is 58.1 Å². The first kappa shape index (κ1) is 11.9. The molecule has 17 heavy (non-hydrogen) atoms. The minimum atomic E-state index is -0.509. The quantitative estimate of drug-likeness (QED) is 0.759. The molecule has 0 aliphatic carbocycles. The average Bonchev–Trinajstić information content (AvgIpc) is 2.32. The van der Waals surface area contributed by atoms with Crippen molar-refractivity contribution >= 4 is 22.2 Å². The van der Waals surface area contributed by atoms with E-state index in [9.17, 15) is 13.6 Å². The molecule has 0 atom stereocenters. The third-order valence-electron chi connectivity index (χ3n) is 2.36. The van der Waals surface area contributed by atoms with Gasteiger partial charge in [0.15, 0.2) is 6.29 Å². The van der Waals surface area contributed by atoms with E-state index in [2.05, 4.69) is 15.9 Å². The SMILES string of the molecule is O=Cc1ccc(F)cc1-c1cc(Br)ccc1F. The zero-order chi connectivity index (χ0) is 12.4. The van der Waals surface area contributed by atoms with Crippen molar-refractivity contribution in [2.24, 2.45) is 0 Å². The number of hydrogen-bond donors (Lipinski definition) is 0. The first-order valence-electron chi connectivity index (χ1n) is 4.82. The number of hydrogen-bond acceptors (Lipinski definition) is 1. The van der Waals surface area contributed by atoms with Crippen LogP contribution in [0.2, 0.25) is 0 Å². The van der Waals surface area contributed by atoms with Crippen LogP contribution in [-0.4, -0.2) is 6.29 Å². The zero-order valence-corrected chi connectivity index (χ0v) is 10.2. The Hall–Kier alpha value is -1.55. The summed E-state index contributed by atoms with van der Waals surface area (Å²) in [5.41, 5.74) is 0.697. The second-order valence-electron chi connectivity index (χ2n) is 3.47. The summed E-state index contributed by atoms with van der Waals surface area (Å²) in [4.78, 5) is 10.9. The third kappa shape index (κ3) is 2.42. The molecule has 0 aromatic heterocycles. The summed E-state index contributed by atoms with van der Waals surface area (Å²) < 4.78 is 27.5. The highest BCUT2D eigenvalue weighted by molar-refractivity contribution is 9.10. The van der Waals surface area contributed by atoms with Gasteiger partial charge in [0.2, 0.25) is 0 Å². The Labute approximate surface area is 105 Å². The topological polar surface area (TPSA) is 17.1 Å². The van der Waals surface area contributed by atoms with Crippen molar-refractivity contribution in [3.8, 4) is 11.1 Å². The van der Waals surface area contributed by atoms with Gasteiger partial charge in [-0.3, -0.25) is 4.79 Å². The number of benzene rings is 2. The molecule has 0 heterocycles. The predicted octanol–water partition coefficient (Wildman–Crippen LogP) is 4.21. The predicted molar refractivity (Wildman–Crippen MR) is 64.9 cm³/mol. The summed E-state index contributed by atoms with van der Waals surface area (Å²) in [5.74, 6) is -1.01. The molecule has 0 unspecified atom stereocenters. The number of carbonyl (C=O) groups excluding carboxylic acids is 1. The van der Waals surface area contributed by atoms with E-state index in [0.29, 0.717) is 10.8 Å². The van der Waals surface area contributed by atoms with Gasteiger partial charge in [0, 0.05) is 15.6 Å². The Kier molecular flexibility index (Phi) is 3.33. The fourth-order valence-corrected chi connectivity index (χ4v) is 1.93. The lowest BCUT2D eigenvalue weighted by Gasteiger charge is -2.07. The van der Waals surface area contributed by atoms with Crippen LogP contribution in [0.1, 0.15) is 10.4 Å². The van der Waals surface area contributed by atoms with Crippen molar-refractivity contribution in [1.82, 2.24) is 0 Å². The maximum Gasteiger partial charge on any atom is 0.150 e. The first-order valence-corrected chi connectivity index (χ1v) is 5.61. The molecule has 0 amide bonds. The molecule has 0 aliphatic rings. The lowest BCUT2D eigenvalue weighted by atomic mass is 10.00. The molecule has 4 heteroatoms. The van der Waals surface area contributed by atoms with Crippen LogP contribution in [0.5, 0.6) is 0 Å². The van der Waals surface area contributed by atoms with Crippen LogP contribution in [-0.2, 0) is 0 Å². The maximum absolute atomic E-state index is 13.6. The summed E-state index contributed by atoms with van der Waals surface area (Å²) in [6.45, 7) is 0. The highest BCUT2D eigenvalue weighted by atomic mass is 79.9. The standard InChI is InChI=1S/C13H7BrF2O/c14-9-2-4-13(16)12(5-9)11-6-10(15)3-1-8(11)7-17/h1-7H.